The predicted molar refractivity (Wildman–Crippen MR) is 54.9 cm³/mol. The predicted octanol–water partition coefficient (Wildman–Crippen LogP) is 1.25. The molecule has 0 radical (unpaired) electrons. The van der Waals surface area contributed by atoms with E-state index in [0.29, 0.717) is 10.1 Å². The Labute approximate surface area is 84.6 Å². The molecule has 6 heteroatoms. The second kappa shape index (κ2) is 2.94. The first-order chi connectivity index (χ1) is 6.48. The van der Waals surface area contributed by atoms with Gasteiger partial charge in [-0.15, -0.1) is 11.3 Å². The molecule has 0 spiro atoms. The zero-order valence-electron chi connectivity index (χ0n) is 6.97. The molecule has 0 aliphatic carbocycles. The minimum atomic E-state index is -3.67. The van der Waals surface area contributed by atoms with Gasteiger partial charge in [0.2, 0.25) is 10.0 Å². The van der Waals surface area contributed by atoms with Crippen molar-refractivity contribution >= 4 is 31.4 Å². The molecule has 0 atom stereocenters. The van der Waals surface area contributed by atoms with E-state index >= 15 is 0 Å². The highest BCUT2D eigenvalue weighted by Crippen LogP contribution is 2.34. The Morgan fingerprint density at radius 2 is 2.07 bits per heavy atom. The fourth-order valence-corrected chi connectivity index (χ4v) is 2.97. The van der Waals surface area contributed by atoms with E-state index in [-0.39, 0.29) is 9.96 Å². The molecule has 0 fully saturated rings. The molecule has 0 saturated heterocycles. The molecular formula is C8H7NO3S2. The van der Waals surface area contributed by atoms with Crippen molar-refractivity contribution in [2.24, 2.45) is 5.14 Å². The van der Waals surface area contributed by atoms with E-state index in [1.165, 1.54) is 12.1 Å². The summed E-state index contributed by atoms with van der Waals surface area (Å²) in [5.41, 5.74) is 0. The second-order valence-electron chi connectivity index (χ2n) is 2.81. The molecule has 1 aromatic carbocycles. The van der Waals surface area contributed by atoms with Crippen molar-refractivity contribution in [2.45, 2.75) is 4.21 Å². The van der Waals surface area contributed by atoms with Crippen LogP contribution >= 0.6 is 11.3 Å². The first-order valence-electron chi connectivity index (χ1n) is 3.73. The van der Waals surface area contributed by atoms with Crippen LogP contribution in [-0.4, -0.2) is 13.5 Å². The number of primary sulfonamides is 1. The molecule has 2 rings (SSSR count). The molecule has 4 nitrogen and oxygen atoms in total. The summed E-state index contributed by atoms with van der Waals surface area (Å²) in [6.07, 6.45) is 0. The monoisotopic (exact) mass is 229 g/mol. The first-order valence-corrected chi connectivity index (χ1v) is 6.09. The summed E-state index contributed by atoms with van der Waals surface area (Å²) in [4.78, 5) is 0. The van der Waals surface area contributed by atoms with Crippen molar-refractivity contribution in [1.29, 1.82) is 0 Å². The summed E-state index contributed by atoms with van der Waals surface area (Å²) in [7, 11) is -3.67. The molecule has 2 aromatic rings. The average molecular weight is 229 g/mol. The van der Waals surface area contributed by atoms with E-state index in [1.807, 2.05) is 0 Å². The van der Waals surface area contributed by atoms with E-state index in [9.17, 15) is 13.5 Å². The number of thiophene rings is 1. The maximum absolute atomic E-state index is 11.0. The highest BCUT2D eigenvalue weighted by atomic mass is 32.2. The number of aromatic hydroxyl groups is 1. The van der Waals surface area contributed by atoms with Gasteiger partial charge in [-0.3, -0.25) is 0 Å². The Morgan fingerprint density at radius 3 is 2.64 bits per heavy atom. The van der Waals surface area contributed by atoms with Crippen molar-refractivity contribution in [3.05, 3.63) is 24.3 Å². The number of hydrogen-bond acceptors (Lipinski definition) is 4. The van der Waals surface area contributed by atoms with E-state index < -0.39 is 10.0 Å². The minimum absolute atomic E-state index is 0.0639. The van der Waals surface area contributed by atoms with Gasteiger partial charge < -0.3 is 5.11 Å². The van der Waals surface area contributed by atoms with Crippen LogP contribution in [0.25, 0.3) is 10.1 Å². The van der Waals surface area contributed by atoms with E-state index in [0.717, 1.165) is 11.3 Å². The van der Waals surface area contributed by atoms with Crippen molar-refractivity contribution in [1.82, 2.24) is 0 Å². The van der Waals surface area contributed by atoms with Crippen molar-refractivity contribution in [3.63, 3.8) is 0 Å². The molecule has 0 bridgehead atoms. The van der Waals surface area contributed by atoms with Gasteiger partial charge in [0.15, 0.2) is 0 Å². The molecule has 0 amide bonds. The topological polar surface area (TPSA) is 80.4 Å². The summed E-state index contributed by atoms with van der Waals surface area (Å²) in [6, 6.07) is 6.33. The number of rotatable bonds is 1. The number of fused-ring (bicyclic) bond motifs is 1. The standard InChI is InChI=1S/C8H7NO3S2/c9-14(11,12)7-4-5-2-1-3-6(10)8(5)13-7/h1-4,10H,(H2,9,11,12). The van der Waals surface area contributed by atoms with Gasteiger partial charge in [-0.1, -0.05) is 12.1 Å². The van der Waals surface area contributed by atoms with Crippen LogP contribution in [0.15, 0.2) is 28.5 Å². The molecular weight excluding hydrogens is 222 g/mol. The number of nitrogens with two attached hydrogens (primary N) is 1. The summed E-state index contributed by atoms with van der Waals surface area (Å²) < 4.78 is 22.6. The summed E-state index contributed by atoms with van der Waals surface area (Å²) >= 11 is 0.968. The van der Waals surface area contributed by atoms with E-state index in [2.05, 4.69) is 0 Å². The number of sulfonamides is 1. The molecule has 0 unspecified atom stereocenters. The maximum atomic E-state index is 11.0. The van der Waals surface area contributed by atoms with Gasteiger partial charge in [-0.25, -0.2) is 13.6 Å². The van der Waals surface area contributed by atoms with Gasteiger partial charge >= 0.3 is 0 Å². The molecule has 0 aliphatic heterocycles. The number of hydrogen-bond donors (Lipinski definition) is 2. The van der Waals surface area contributed by atoms with Crippen LogP contribution in [0, 0.1) is 0 Å². The second-order valence-corrected chi connectivity index (χ2v) is 5.65. The molecule has 1 heterocycles. The molecule has 0 aliphatic rings. The zero-order chi connectivity index (χ0) is 10.3. The zero-order valence-corrected chi connectivity index (χ0v) is 8.60. The van der Waals surface area contributed by atoms with E-state index in [4.69, 9.17) is 5.14 Å². The van der Waals surface area contributed by atoms with Gasteiger partial charge in [0.05, 0.1) is 4.70 Å². The average Bonchev–Trinajstić information content (AvgIpc) is 2.48. The first kappa shape index (κ1) is 9.45. The van der Waals surface area contributed by atoms with Gasteiger partial charge in [0, 0.05) is 0 Å². The smallest absolute Gasteiger partial charge is 0.247 e. The van der Waals surface area contributed by atoms with Gasteiger partial charge in [-0.05, 0) is 17.5 Å². The quantitative estimate of drug-likeness (QED) is 0.772. The van der Waals surface area contributed by atoms with E-state index in [1.54, 1.807) is 12.1 Å². The van der Waals surface area contributed by atoms with Crippen molar-refractivity contribution in [3.8, 4) is 5.75 Å². The highest BCUT2D eigenvalue weighted by molar-refractivity contribution is 7.91. The lowest BCUT2D eigenvalue weighted by Gasteiger charge is -1.90. The largest absolute Gasteiger partial charge is 0.506 e. The normalized spacial score (nSPS) is 12.1. The van der Waals surface area contributed by atoms with Crippen LogP contribution in [0.4, 0.5) is 0 Å². The van der Waals surface area contributed by atoms with Crippen LogP contribution in [0.5, 0.6) is 5.75 Å². The lowest BCUT2D eigenvalue weighted by Crippen LogP contribution is -2.09. The SMILES string of the molecule is NS(=O)(=O)c1cc2cccc(O)c2s1. The third-order valence-electron chi connectivity index (χ3n) is 1.78. The van der Waals surface area contributed by atoms with Crippen molar-refractivity contribution in [2.75, 3.05) is 0 Å². The summed E-state index contributed by atoms with van der Waals surface area (Å²) in [5.74, 6) is 0.0717. The lowest BCUT2D eigenvalue weighted by molar-refractivity contribution is 0.482. The van der Waals surface area contributed by atoms with Crippen molar-refractivity contribution < 1.29 is 13.5 Å². The molecule has 14 heavy (non-hydrogen) atoms. The maximum Gasteiger partial charge on any atom is 0.247 e. The highest BCUT2D eigenvalue weighted by Gasteiger charge is 2.13. The Bertz CT molecular complexity index is 586. The Kier molecular flexibility index (Phi) is 1.99. The molecule has 3 N–H and O–H groups in total. The third-order valence-corrected chi connectivity index (χ3v) is 4.37. The van der Waals surface area contributed by atoms with Crippen LogP contribution < -0.4 is 5.14 Å². The van der Waals surface area contributed by atoms with Gasteiger partial charge in [0.1, 0.15) is 9.96 Å². The Morgan fingerprint density at radius 1 is 1.36 bits per heavy atom. The van der Waals surface area contributed by atoms with Crippen LogP contribution in [0.2, 0.25) is 0 Å². The van der Waals surface area contributed by atoms with Crippen LogP contribution in [-0.2, 0) is 10.0 Å². The van der Waals surface area contributed by atoms with Crippen LogP contribution in [0.1, 0.15) is 0 Å². The number of phenolic OH excluding ortho intramolecular Hbond substituents is 1. The molecule has 0 saturated carbocycles. The minimum Gasteiger partial charge on any atom is -0.506 e. The fourth-order valence-electron chi connectivity index (χ4n) is 1.16. The fraction of sp³-hybridized carbons (Fsp3) is 0. The lowest BCUT2D eigenvalue weighted by atomic mass is 10.2. The molecule has 1 aromatic heterocycles. The number of phenols is 1. The Hall–Kier alpha value is -1.11. The summed E-state index contributed by atoms with van der Waals surface area (Å²) in [5, 5.41) is 15.1. The van der Waals surface area contributed by atoms with Gasteiger partial charge in [0.25, 0.3) is 0 Å². The van der Waals surface area contributed by atoms with Gasteiger partial charge in [-0.2, -0.15) is 0 Å². The third kappa shape index (κ3) is 1.47. The molecule has 74 valence electrons. The Balaban J connectivity index is 2.81. The summed E-state index contributed by atoms with van der Waals surface area (Å²) in [6.45, 7) is 0. The van der Waals surface area contributed by atoms with Crippen LogP contribution in [0.3, 0.4) is 0 Å². The number of benzene rings is 1.